The summed E-state index contributed by atoms with van der Waals surface area (Å²) in [4.78, 5) is 0. The second-order valence-electron chi connectivity index (χ2n) is 19.4. The second kappa shape index (κ2) is 12.1. The molecular weight excluding hydrogens is 769 g/mol. The fourth-order valence-corrected chi connectivity index (χ4v) is 13.0. The van der Waals surface area contributed by atoms with Gasteiger partial charge in [-0.1, -0.05) is 161 Å². The number of hydrogen-bond donors (Lipinski definition) is 0. The predicted octanol–water partition coefficient (Wildman–Crippen LogP) is 18.7. The summed E-state index contributed by atoms with van der Waals surface area (Å²) >= 11 is 0. The van der Waals surface area contributed by atoms with Gasteiger partial charge in [0.25, 0.3) is 0 Å². The Labute approximate surface area is 371 Å². The molecule has 2 aliphatic carbocycles. The van der Waals surface area contributed by atoms with Crippen molar-refractivity contribution in [3.8, 4) is 55.6 Å². The van der Waals surface area contributed by atoms with Crippen molar-refractivity contribution in [3.63, 3.8) is 0 Å². The number of fused-ring (bicyclic) bond motifs is 14. The average molecular weight is 811 g/mol. The molecule has 0 saturated carbocycles. The molecule has 0 amide bonds. The third-order valence-corrected chi connectivity index (χ3v) is 15.5. The second-order valence-corrected chi connectivity index (χ2v) is 19.4. The van der Waals surface area contributed by atoms with E-state index in [1.807, 2.05) is 0 Å². The third-order valence-electron chi connectivity index (χ3n) is 15.5. The van der Waals surface area contributed by atoms with Gasteiger partial charge in [-0.15, -0.1) is 0 Å². The Bertz CT molecular complexity index is 4260. The molecule has 0 saturated heterocycles. The molecule has 0 aliphatic heterocycles. The molecule has 0 aromatic heterocycles. The van der Waals surface area contributed by atoms with Crippen LogP contribution < -0.4 is 0 Å². The van der Waals surface area contributed by atoms with Crippen LogP contribution in [-0.2, 0) is 0 Å². The van der Waals surface area contributed by atoms with E-state index in [4.69, 9.17) is 0 Å². The van der Waals surface area contributed by atoms with E-state index in [2.05, 4.69) is 198 Å². The van der Waals surface area contributed by atoms with Gasteiger partial charge >= 0.3 is 0 Å². The summed E-state index contributed by atoms with van der Waals surface area (Å²) in [5, 5.41) is 24.2. The SMILES string of the molecule is CC(C)c1c2c(c(C(C)C)c3cc4c5cc6ccccc6cc5c5cc(-c6ccc7c8c(cccc68)-c6ccccc6-7)ccc5c4cc13)-c1ccc3ccc4cccc5cc-2c1c3c45. The van der Waals surface area contributed by atoms with E-state index in [1.165, 1.54) is 164 Å². The van der Waals surface area contributed by atoms with Gasteiger partial charge in [0.1, 0.15) is 0 Å². The van der Waals surface area contributed by atoms with Gasteiger partial charge in [0.15, 0.2) is 0 Å². The Morgan fingerprint density at radius 2 is 0.766 bits per heavy atom. The molecule has 13 aromatic carbocycles. The molecule has 0 spiro atoms. The van der Waals surface area contributed by atoms with E-state index in [-0.39, 0.29) is 0 Å². The molecule has 15 rings (SSSR count). The van der Waals surface area contributed by atoms with Gasteiger partial charge in [-0.3, -0.25) is 0 Å². The average Bonchev–Trinajstić information content (AvgIpc) is 3.83. The molecule has 0 atom stereocenters. The maximum absolute atomic E-state index is 2.61. The van der Waals surface area contributed by atoms with Gasteiger partial charge in [0, 0.05) is 0 Å². The van der Waals surface area contributed by atoms with Crippen LogP contribution in [0.15, 0.2) is 170 Å². The van der Waals surface area contributed by atoms with Crippen molar-refractivity contribution in [2.24, 2.45) is 0 Å². The quantitative estimate of drug-likeness (QED) is 0.123. The number of benzene rings is 13. The third kappa shape index (κ3) is 4.29. The van der Waals surface area contributed by atoms with Crippen molar-refractivity contribution in [3.05, 3.63) is 181 Å². The van der Waals surface area contributed by atoms with Gasteiger partial charge in [-0.25, -0.2) is 0 Å². The summed E-state index contributed by atoms with van der Waals surface area (Å²) in [5.74, 6) is 0.628. The van der Waals surface area contributed by atoms with E-state index in [0.717, 1.165) is 0 Å². The van der Waals surface area contributed by atoms with Crippen molar-refractivity contribution in [1.82, 2.24) is 0 Å². The highest BCUT2D eigenvalue weighted by atomic mass is 14.4. The van der Waals surface area contributed by atoms with Gasteiger partial charge in [-0.2, -0.15) is 0 Å². The van der Waals surface area contributed by atoms with Crippen LogP contribution in [0.4, 0.5) is 0 Å². The van der Waals surface area contributed by atoms with Gasteiger partial charge < -0.3 is 0 Å². The molecule has 0 heteroatoms. The molecule has 0 heterocycles. The zero-order chi connectivity index (χ0) is 42.3. The van der Waals surface area contributed by atoms with E-state index >= 15 is 0 Å². The molecule has 0 N–H and O–H groups in total. The molecule has 0 bridgehead atoms. The van der Waals surface area contributed by atoms with Crippen LogP contribution in [0.1, 0.15) is 50.7 Å². The topological polar surface area (TPSA) is 0 Å². The standard InChI is InChI=1S/C64H42/c1-33(2)57-55-32-53-51-28-38-12-6-5-11-37(38)27-50(51)49-29-39(41-25-26-47-43-16-8-7-15-42(43)46-18-10-17-45(41)61(46)47)22-23-44(49)52(53)31-54(55)58(34(3)4)64-56-30-40-14-9-13-35-19-20-36-21-24-48(63(57)64)62(56)60(36)59(35)40/h5-34H,1-4H3. The highest BCUT2D eigenvalue weighted by molar-refractivity contribution is 6.35. The Morgan fingerprint density at radius 3 is 1.48 bits per heavy atom. The maximum atomic E-state index is 2.61. The fraction of sp³-hybridized carbons (Fsp3) is 0.0938. The first-order valence-electron chi connectivity index (χ1n) is 23.1. The zero-order valence-corrected chi connectivity index (χ0v) is 36.3. The van der Waals surface area contributed by atoms with Crippen LogP contribution in [0, 0.1) is 0 Å². The van der Waals surface area contributed by atoms with Crippen LogP contribution in [0.3, 0.4) is 0 Å². The lowest BCUT2D eigenvalue weighted by molar-refractivity contribution is 0.864. The van der Waals surface area contributed by atoms with Crippen molar-refractivity contribution in [2.45, 2.75) is 39.5 Å². The van der Waals surface area contributed by atoms with Crippen LogP contribution in [0.25, 0.3) is 153 Å². The van der Waals surface area contributed by atoms with Crippen LogP contribution in [-0.4, -0.2) is 0 Å². The summed E-state index contributed by atoms with van der Waals surface area (Å²) in [5.41, 5.74) is 16.5. The van der Waals surface area contributed by atoms with Crippen LogP contribution in [0.5, 0.6) is 0 Å². The lowest BCUT2D eigenvalue weighted by atomic mass is 9.79. The Morgan fingerprint density at radius 1 is 0.250 bits per heavy atom. The van der Waals surface area contributed by atoms with Gasteiger partial charge in [-0.05, 0) is 212 Å². The molecule has 0 nitrogen and oxygen atoms in total. The lowest BCUT2D eigenvalue weighted by Gasteiger charge is -2.25. The minimum atomic E-state index is 0.311. The highest BCUT2D eigenvalue weighted by Gasteiger charge is 2.33. The van der Waals surface area contributed by atoms with Gasteiger partial charge in [0.2, 0.25) is 0 Å². The summed E-state index contributed by atoms with van der Waals surface area (Å²) in [7, 11) is 0. The minimum absolute atomic E-state index is 0.311. The first-order chi connectivity index (χ1) is 31.4. The molecule has 0 fully saturated rings. The highest BCUT2D eigenvalue weighted by Crippen LogP contribution is 2.59. The van der Waals surface area contributed by atoms with Crippen molar-refractivity contribution in [2.75, 3.05) is 0 Å². The Kier molecular flexibility index (Phi) is 6.63. The first kappa shape index (κ1) is 35.0. The normalized spacial score (nSPS) is 13.0. The molecule has 2 aliphatic rings. The summed E-state index contributed by atoms with van der Waals surface area (Å²) in [6.45, 7) is 9.66. The summed E-state index contributed by atoms with van der Waals surface area (Å²) < 4.78 is 0. The van der Waals surface area contributed by atoms with E-state index in [0.29, 0.717) is 11.8 Å². The van der Waals surface area contributed by atoms with Crippen molar-refractivity contribution < 1.29 is 0 Å². The van der Waals surface area contributed by atoms with Crippen LogP contribution >= 0.6 is 0 Å². The molecule has 0 unspecified atom stereocenters. The Balaban J connectivity index is 1.08. The number of rotatable bonds is 3. The predicted molar refractivity (Wildman–Crippen MR) is 278 cm³/mol. The Hall–Kier alpha value is -7.54. The van der Waals surface area contributed by atoms with E-state index < -0.39 is 0 Å². The first-order valence-corrected chi connectivity index (χ1v) is 23.1. The number of hydrogen-bond acceptors (Lipinski definition) is 0. The summed E-state index contributed by atoms with van der Waals surface area (Å²) in [6, 6.07) is 65.7. The zero-order valence-electron chi connectivity index (χ0n) is 36.3. The largest absolute Gasteiger partial charge is 0.0616 e. The lowest BCUT2D eigenvalue weighted by Crippen LogP contribution is -2.02. The molecule has 13 aromatic rings. The minimum Gasteiger partial charge on any atom is -0.0616 e. The van der Waals surface area contributed by atoms with E-state index in [1.54, 1.807) is 0 Å². The smallest absolute Gasteiger partial charge is 0.00135 e. The van der Waals surface area contributed by atoms with Gasteiger partial charge in [0.05, 0.1) is 0 Å². The van der Waals surface area contributed by atoms with Crippen molar-refractivity contribution in [1.29, 1.82) is 0 Å². The fourth-order valence-electron chi connectivity index (χ4n) is 13.0. The molecule has 0 radical (unpaired) electrons. The molecular formula is C64H42. The molecule has 298 valence electrons. The maximum Gasteiger partial charge on any atom is -0.00135 e. The molecule has 64 heavy (non-hydrogen) atoms. The summed E-state index contributed by atoms with van der Waals surface area (Å²) in [6.07, 6.45) is 0. The van der Waals surface area contributed by atoms with E-state index in [9.17, 15) is 0 Å². The monoisotopic (exact) mass is 810 g/mol. The van der Waals surface area contributed by atoms with Crippen molar-refractivity contribution >= 4 is 97.0 Å². The van der Waals surface area contributed by atoms with Crippen LogP contribution in [0.2, 0.25) is 0 Å².